The summed E-state index contributed by atoms with van der Waals surface area (Å²) in [6.45, 7) is 0. The smallest absolute Gasteiger partial charge is 0.232 e. The number of rotatable bonds is 4. The number of sulfone groups is 1. The van der Waals surface area contributed by atoms with E-state index < -0.39 is 33.1 Å². The van der Waals surface area contributed by atoms with E-state index in [2.05, 4.69) is 0 Å². The molecular weight excluding hydrogens is 257 g/mol. The highest BCUT2D eigenvalue weighted by atomic mass is 35.5. The Morgan fingerprint density at radius 3 is 2.56 bits per heavy atom. The summed E-state index contributed by atoms with van der Waals surface area (Å²) in [5, 5.41) is 0.00745. The lowest BCUT2D eigenvalue weighted by Gasteiger charge is -2.04. The van der Waals surface area contributed by atoms with Crippen LogP contribution in [0.15, 0.2) is 18.2 Å². The van der Waals surface area contributed by atoms with Gasteiger partial charge < -0.3 is 5.73 Å². The van der Waals surface area contributed by atoms with Gasteiger partial charge in [-0.1, -0.05) is 17.7 Å². The van der Waals surface area contributed by atoms with Crippen molar-refractivity contribution in [2.45, 2.75) is 5.75 Å². The molecule has 16 heavy (non-hydrogen) atoms. The molecule has 0 aliphatic heterocycles. The molecule has 0 saturated heterocycles. The fourth-order valence-electron chi connectivity index (χ4n) is 1.14. The second-order valence-electron chi connectivity index (χ2n) is 3.23. The van der Waals surface area contributed by atoms with Gasteiger partial charge in [-0.2, -0.15) is 0 Å². The average Bonchev–Trinajstić information content (AvgIpc) is 2.07. The highest BCUT2D eigenvalue weighted by Gasteiger charge is 2.17. The van der Waals surface area contributed by atoms with E-state index in [1.54, 1.807) is 0 Å². The largest absolute Gasteiger partial charge is 0.369 e. The van der Waals surface area contributed by atoms with Crippen molar-refractivity contribution >= 4 is 27.3 Å². The molecule has 1 amide bonds. The molecule has 0 bridgehead atoms. The van der Waals surface area contributed by atoms with E-state index in [0.717, 1.165) is 12.1 Å². The maximum Gasteiger partial charge on any atom is 0.232 e. The Kier molecular flexibility index (Phi) is 3.88. The van der Waals surface area contributed by atoms with Crippen LogP contribution in [-0.4, -0.2) is 20.1 Å². The van der Waals surface area contributed by atoms with Crippen LogP contribution in [0, 0.1) is 5.82 Å². The fraction of sp³-hybridized carbons (Fsp3) is 0.222. The summed E-state index contributed by atoms with van der Waals surface area (Å²) in [7, 11) is -3.65. The molecule has 1 aromatic rings. The molecule has 7 heteroatoms. The molecule has 1 aromatic carbocycles. The summed E-state index contributed by atoms with van der Waals surface area (Å²) >= 11 is 5.65. The third-order valence-corrected chi connectivity index (χ3v) is 3.58. The summed E-state index contributed by atoms with van der Waals surface area (Å²) in [6.07, 6.45) is 0. The Labute approximate surface area is 97.1 Å². The van der Waals surface area contributed by atoms with E-state index >= 15 is 0 Å². The first-order valence-electron chi connectivity index (χ1n) is 4.23. The van der Waals surface area contributed by atoms with Crippen LogP contribution in [0.3, 0.4) is 0 Å². The third-order valence-electron chi connectivity index (χ3n) is 1.75. The number of carbonyl (C=O) groups excluding carboxylic acids is 1. The SMILES string of the molecule is NC(=O)CS(=O)(=O)Cc1ccc(F)cc1Cl. The minimum absolute atomic E-state index is 0.00745. The summed E-state index contributed by atoms with van der Waals surface area (Å²) in [4.78, 5) is 10.5. The molecule has 0 heterocycles. The van der Waals surface area contributed by atoms with Crippen molar-refractivity contribution in [3.05, 3.63) is 34.6 Å². The second-order valence-corrected chi connectivity index (χ2v) is 5.71. The lowest BCUT2D eigenvalue weighted by Crippen LogP contribution is -2.24. The van der Waals surface area contributed by atoms with Gasteiger partial charge in [0.05, 0.1) is 5.75 Å². The van der Waals surface area contributed by atoms with E-state index in [-0.39, 0.29) is 10.6 Å². The van der Waals surface area contributed by atoms with Gasteiger partial charge in [0.15, 0.2) is 9.84 Å². The van der Waals surface area contributed by atoms with E-state index in [0.29, 0.717) is 0 Å². The normalized spacial score (nSPS) is 11.4. The number of amides is 1. The third kappa shape index (κ3) is 3.79. The molecule has 0 atom stereocenters. The Balaban J connectivity index is 2.92. The van der Waals surface area contributed by atoms with Gasteiger partial charge in [0.25, 0.3) is 0 Å². The maximum absolute atomic E-state index is 12.7. The average molecular weight is 266 g/mol. The summed E-state index contributed by atoms with van der Waals surface area (Å²) in [6, 6.07) is 3.37. The topological polar surface area (TPSA) is 77.2 Å². The first-order chi connectivity index (χ1) is 7.30. The maximum atomic E-state index is 12.7. The van der Waals surface area contributed by atoms with Gasteiger partial charge in [-0.15, -0.1) is 0 Å². The molecule has 0 aliphatic rings. The number of benzene rings is 1. The summed E-state index contributed by atoms with van der Waals surface area (Å²) < 4.78 is 35.5. The van der Waals surface area contributed by atoms with Gasteiger partial charge in [-0.25, -0.2) is 12.8 Å². The minimum atomic E-state index is -3.65. The molecule has 0 aliphatic carbocycles. The number of halogens is 2. The van der Waals surface area contributed by atoms with E-state index in [4.69, 9.17) is 17.3 Å². The second kappa shape index (κ2) is 4.80. The number of primary amides is 1. The molecule has 0 saturated carbocycles. The summed E-state index contributed by atoms with van der Waals surface area (Å²) in [5.41, 5.74) is 5.02. The first-order valence-corrected chi connectivity index (χ1v) is 6.43. The molecule has 0 radical (unpaired) electrons. The monoisotopic (exact) mass is 265 g/mol. The van der Waals surface area contributed by atoms with Gasteiger partial charge in [-0.3, -0.25) is 4.79 Å². The molecular formula is C9H9ClFNO3S. The zero-order valence-electron chi connectivity index (χ0n) is 8.11. The minimum Gasteiger partial charge on any atom is -0.369 e. The zero-order valence-corrected chi connectivity index (χ0v) is 9.68. The van der Waals surface area contributed by atoms with Crippen LogP contribution in [0.25, 0.3) is 0 Å². The predicted molar refractivity (Wildman–Crippen MR) is 58.1 cm³/mol. The number of hydrogen-bond donors (Lipinski definition) is 1. The van der Waals surface area contributed by atoms with Crippen molar-refractivity contribution in [1.82, 2.24) is 0 Å². The van der Waals surface area contributed by atoms with Crippen molar-refractivity contribution in [3.8, 4) is 0 Å². The van der Waals surface area contributed by atoms with E-state index in [1.165, 1.54) is 6.07 Å². The Morgan fingerprint density at radius 2 is 2.06 bits per heavy atom. The summed E-state index contributed by atoms with van der Waals surface area (Å²) in [5.74, 6) is -2.67. The Bertz CT molecular complexity index is 515. The van der Waals surface area contributed by atoms with Crippen LogP contribution >= 0.6 is 11.6 Å². The van der Waals surface area contributed by atoms with Crippen LogP contribution < -0.4 is 5.73 Å². The number of nitrogens with two attached hydrogens (primary N) is 1. The van der Waals surface area contributed by atoms with Crippen LogP contribution in [0.4, 0.5) is 4.39 Å². The van der Waals surface area contributed by atoms with Crippen LogP contribution in [0.2, 0.25) is 5.02 Å². The molecule has 88 valence electrons. The molecule has 0 fully saturated rings. The van der Waals surface area contributed by atoms with Crippen molar-refractivity contribution in [2.75, 3.05) is 5.75 Å². The molecule has 0 unspecified atom stereocenters. The van der Waals surface area contributed by atoms with Crippen molar-refractivity contribution in [1.29, 1.82) is 0 Å². The lowest BCUT2D eigenvalue weighted by molar-refractivity contribution is -0.115. The van der Waals surface area contributed by atoms with E-state index in [9.17, 15) is 17.6 Å². The Morgan fingerprint density at radius 1 is 1.44 bits per heavy atom. The highest BCUT2D eigenvalue weighted by molar-refractivity contribution is 7.91. The molecule has 4 nitrogen and oxygen atoms in total. The van der Waals surface area contributed by atoms with Gasteiger partial charge in [0, 0.05) is 5.02 Å². The van der Waals surface area contributed by atoms with Gasteiger partial charge in [0.2, 0.25) is 5.91 Å². The van der Waals surface area contributed by atoms with Gasteiger partial charge in [-0.05, 0) is 17.7 Å². The van der Waals surface area contributed by atoms with Gasteiger partial charge in [0.1, 0.15) is 11.6 Å². The molecule has 0 spiro atoms. The number of hydrogen-bond acceptors (Lipinski definition) is 3. The zero-order chi connectivity index (χ0) is 12.3. The van der Waals surface area contributed by atoms with Crippen LogP contribution in [0.1, 0.15) is 5.56 Å². The first kappa shape index (κ1) is 12.9. The predicted octanol–water partition coefficient (Wildman–Crippen LogP) is 0.879. The molecule has 0 aromatic heterocycles. The standard InChI is InChI=1S/C9H9ClFNO3S/c10-8-3-7(11)2-1-6(8)4-16(14,15)5-9(12)13/h1-3H,4-5H2,(H2,12,13). The van der Waals surface area contributed by atoms with E-state index in [1.807, 2.05) is 0 Å². The molecule has 2 N–H and O–H groups in total. The van der Waals surface area contributed by atoms with Crippen molar-refractivity contribution in [3.63, 3.8) is 0 Å². The van der Waals surface area contributed by atoms with Gasteiger partial charge >= 0.3 is 0 Å². The van der Waals surface area contributed by atoms with Crippen molar-refractivity contribution in [2.24, 2.45) is 5.73 Å². The lowest BCUT2D eigenvalue weighted by atomic mass is 10.2. The highest BCUT2D eigenvalue weighted by Crippen LogP contribution is 2.19. The van der Waals surface area contributed by atoms with Crippen molar-refractivity contribution < 1.29 is 17.6 Å². The molecule has 1 rings (SSSR count). The quantitative estimate of drug-likeness (QED) is 0.878. The van der Waals surface area contributed by atoms with Crippen LogP contribution in [-0.2, 0) is 20.4 Å². The van der Waals surface area contributed by atoms with Crippen LogP contribution in [0.5, 0.6) is 0 Å². The fourth-order valence-corrected chi connectivity index (χ4v) is 2.72. The Hall–Kier alpha value is -1.14. The number of carbonyl (C=O) groups is 1.